The quantitative estimate of drug-likeness (QED) is 0.465. The SMILES string of the molecule is CN(C)c1cccc(OCCCCCCCCCS)c1. The summed E-state index contributed by atoms with van der Waals surface area (Å²) in [6, 6.07) is 8.27. The molecule has 0 atom stereocenters. The molecule has 1 aromatic carbocycles. The van der Waals surface area contributed by atoms with Gasteiger partial charge in [0.2, 0.25) is 0 Å². The van der Waals surface area contributed by atoms with Crippen LogP contribution >= 0.6 is 12.6 Å². The van der Waals surface area contributed by atoms with E-state index in [4.69, 9.17) is 4.74 Å². The summed E-state index contributed by atoms with van der Waals surface area (Å²) in [5.74, 6) is 2.00. The van der Waals surface area contributed by atoms with Gasteiger partial charge in [-0.1, -0.05) is 38.2 Å². The first-order valence-electron chi connectivity index (χ1n) is 7.75. The van der Waals surface area contributed by atoms with Crippen molar-refractivity contribution in [1.29, 1.82) is 0 Å². The lowest BCUT2D eigenvalue weighted by Crippen LogP contribution is -2.08. The maximum atomic E-state index is 5.81. The Morgan fingerprint density at radius 2 is 1.60 bits per heavy atom. The Hall–Kier alpha value is -0.830. The Morgan fingerprint density at radius 3 is 2.25 bits per heavy atom. The third-order valence-electron chi connectivity index (χ3n) is 3.41. The van der Waals surface area contributed by atoms with Crippen LogP contribution in [0.25, 0.3) is 0 Å². The minimum atomic E-state index is 0.827. The molecule has 0 fully saturated rings. The molecule has 0 saturated heterocycles. The van der Waals surface area contributed by atoms with Crippen LogP contribution in [0.1, 0.15) is 44.9 Å². The van der Waals surface area contributed by atoms with Crippen LogP contribution in [0.15, 0.2) is 24.3 Å². The van der Waals surface area contributed by atoms with E-state index in [1.54, 1.807) is 0 Å². The first kappa shape index (κ1) is 17.2. The van der Waals surface area contributed by atoms with Crippen molar-refractivity contribution in [3.63, 3.8) is 0 Å². The van der Waals surface area contributed by atoms with E-state index >= 15 is 0 Å². The van der Waals surface area contributed by atoms with Crippen LogP contribution in [0.3, 0.4) is 0 Å². The van der Waals surface area contributed by atoms with Gasteiger partial charge >= 0.3 is 0 Å². The third-order valence-corrected chi connectivity index (χ3v) is 3.72. The molecule has 0 N–H and O–H groups in total. The van der Waals surface area contributed by atoms with Gasteiger partial charge in [-0.2, -0.15) is 12.6 Å². The molecule has 2 nitrogen and oxygen atoms in total. The molecule has 0 amide bonds. The first-order chi connectivity index (χ1) is 9.74. The van der Waals surface area contributed by atoms with Crippen molar-refractivity contribution < 1.29 is 4.74 Å². The van der Waals surface area contributed by atoms with Gasteiger partial charge in [0, 0.05) is 25.8 Å². The topological polar surface area (TPSA) is 12.5 Å². The summed E-state index contributed by atoms with van der Waals surface area (Å²) in [7, 11) is 4.10. The highest BCUT2D eigenvalue weighted by Gasteiger charge is 1.98. The standard InChI is InChI=1S/C17H29NOS/c1-18(2)16-11-10-12-17(15-16)19-13-8-6-4-3-5-7-9-14-20/h10-12,15,20H,3-9,13-14H2,1-2H3. The maximum Gasteiger partial charge on any atom is 0.121 e. The van der Waals surface area contributed by atoms with E-state index in [0.29, 0.717) is 0 Å². The highest BCUT2D eigenvalue weighted by atomic mass is 32.1. The monoisotopic (exact) mass is 295 g/mol. The summed E-state index contributed by atoms with van der Waals surface area (Å²) in [5, 5.41) is 0. The minimum absolute atomic E-state index is 0.827. The minimum Gasteiger partial charge on any atom is -0.494 e. The molecule has 0 bridgehead atoms. The highest BCUT2D eigenvalue weighted by Crippen LogP contribution is 2.19. The molecule has 0 radical (unpaired) electrons. The molecule has 0 aromatic heterocycles. The summed E-state index contributed by atoms with van der Waals surface area (Å²) in [6.07, 6.45) is 9.04. The average Bonchev–Trinajstić information content (AvgIpc) is 2.46. The molecule has 3 heteroatoms. The van der Waals surface area contributed by atoms with Crippen molar-refractivity contribution in [1.82, 2.24) is 0 Å². The van der Waals surface area contributed by atoms with Crippen LogP contribution in [-0.4, -0.2) is 26.5 Å². The molecule has 0 spiro atoms. The van der Waals surface area contributed by atoms with Crippen LogP contribution in [0.4, 0.5) is 5.69 Å². The summed E-state index contributed by atoms with van der Waals surface area (Å²) in [6.45, 7) is 0.827. The number of thiol groups is 1. The van der Waals surface area contributed by atoms with Crippen LogP contribution in [-0.2, 0) is 0 Å². The Kier molecular flexibility index (Phi) is 9.38. The van der Waals surface area contributed by atoms with Gasteiger partial charge in [0.1, 0.15) is 5.75 Å². The molecule has 0 heterocycles. The zero-order valence-corrected chi connectivity index (χ0v) is 13.9. The maximum absolute atomic E-state index is 5.81. The first-order valence-corrected chi connectivity index (χ1v) is 8.38. The Labute approximate surface area is 129 Å². The lowest BCUT2D eigenvalue weighted by molar-refractivity contribution is 0.304. The third kappa shape index (κ3) is 7.68. The Balaban J connectivity index is 2.05. The van der Waals surface area contributed by atoms with Gasteiger partial charge in [-0.05, 0) is 30.7 Å². The van der Waals surface area contributed by atoms with E-state index in [-0.39, 0.29) is 0 Å². The zero-order valence-electron chi connectivity index (χ0n) is 13.0. The van der Waals surface area contributed by atoms with Crippen molar-refractivity contribution in [2.45, 2.75) is 44.9 Å². The van der Waals surface area contributed by atoms with Gasteiger partial charge in [0.25, 0.3) is 0 Å². The Morgan fingerprint density at radius 1 is 0.950 bits per heavy atom. The number of unbranched alkanes of at least 4 members (excludes halogenated alkanes) is 6. The van der Waals surface area contributed by atoms with E-state index in [2.05, 4.69) is 29.7 Å². The number of nitrogens with zero attached hydrogens (tertiary/aromatic N) is 1. The summed E-state index contributed by atoms with van der Waals surface area (Å²) < 4.78 is 5.81. The van der Waals surface area contributed by atoms with Gasteiger partial charge in [-0.3, -0.25) is 0 Å². The fourth-order valence-corrected chi connectivity index (χ4v) is 2.36. The van der Waals surface area contributed by atoms with E-state index in [1.807, 2.05) is 26.2 Å². The smallest absolute Gasteiger partial charge is 0.121 e. The molecule has 1 aromatic rings. The van der Waals surface area contributed by atoms with Crippen molar-refractivity contribution >= 4 is 18.3 Å². The summed E-state index contributed by atoms with van der Waals surface area (Å²) in [4.78, 5) is 2.09. The normalized spacial score (nSPS) is 10.6. The average molecular weight is 295 g/mol. The lowest BCUT2D eigenvalue weighted by atomic mass is 10.1. The van der Waals surface area contributed by atoms with Crippen LogP contribution < -0.4 is 9.64 Å². The molecule has 0 saturated carbocycles. The van der Waals surface area contributed by atoms with Crippen LogP contribution in [0, 0.1) is 0 Å². The molecular weight excluding hydrogens is 266 g/mol. The summed E-state index contributed by atoms with van der Waals surface area (Å²) in [5.41, 5.74) is 1.19. The van der Waals surface area contributed by atoms with Crippen LogP contribution in [0.5, 0.6) is 5.75 Å². The molecule has 0 unspecified atom stereocenters. The van der Waals surface area contributed by atoms with Gasteiger partial charge in [0.05, 0.1) is 6.61 Å². The number of ether oxygens (including phenoxy) is 1. The fraction of sp³-hybridized carbons (Fsp3) is 0.647. The highest BCUT2D eigenvalue weighted by molar-refractivity contribution is 7.80. The van der Waals surface area contributed by atoms with Crippen molar-refractivity contribution in [3.8, 4) is 5.75 Å². The van der Waals surface area contributed by atoms with Crippen LogP contribution in [0.2, 0.25) is 0 Å². The second-order valence-electron chi connectivity index (χ2n) is 5.44. The summed E-state index contributed by atoms with van der Waals surface area (Å²) >= 11 is 4.23. The molecule has 0 aliphatic carbocycles. The molecule has 0 aliphatic rings. The van der Waals surface area contributed by atoms with Gasteiger partial charge in [-0.15, -0.1) is 0 Å². The number of benzene rings is 1. The van der Waals surface area contributed by atoms with E-state index in [9.17, 15) is 0 Å². The van der Waals surface area contributed by atoms with Crippen molar-refractivity contribution in [2.24, 2.45) is 0 Å². The van der Waals surface area contributed by atoms with Crippen molar-refractivity contribution in [2.75, 3.05) is 31.4 Å². The fourth-order valence-electron chi connectivity index (χ4n) is 2.14. The predicted molar refractivity (Wildman–Crippen MR) is 92.4 cm³/mol. The second kappa shape index (κ2) is 10.9. The number of hydrogen-bond acceptors (Lipinski definition) is 3. The van der Waals surface area contributed by atoms with Gasteiger partial charge in [0.15, 0.2) is 0 Å². The number of anilines is 1. The zero-order chi connectivity index (χ0) is 14.6. The van der Waals surface area contributed by atoms with E-state index < -0.39 is 0 Å². The van der Waals surface area contributed by atoms with Gasteiger partial charge < -0.3 is 9.64 Å². The number of hydrogen-bond donors (Lipinski definition) is 1. The Bertz CT molecular complexity index is 355. The van der Waals surface area contributed by atoms with Crippen molar-refractivity contribution in [3.05, 3.63) is 24.3 Å². The molecule has 1 rings (SSSR count). The largest absolute Gasteiger partial charge is 0.494 e. The van der Waals surface area contributed by atoms with Gasteiger partial charge in [-0.25, -0.2) is 0 Å². The molecule has 0 aliphatic heterocycles. The number of rotatable bonds is 11. The molecule has 114 valence electrons. The molecule has 20 heavy (non-hydrogen) atoms. The molecular formula is C17H29NOS. The predicted octanol–water partition coefficient (Wildman–Crippen LogP) is 4.79. The van der Waals surface area contributed by atoms with E-state index in [0.717, 1.165) is 24.5 Å². The lowest BCUT2D eigenvalue weighted by Gasteiger charge is -2.14. The second-order valence-corrected chi connectivity index (χ2v) is 5.89. The van der Waals surface area contributed by atoms with E-state index in [1.165, 1.54) is 44.2 Å².